The number of fused-ring (bicyclic) bond motifs is 1. The number of pyridine rings is 1. The summed E-state index contributed by atoms with van der Waals surface area (Å²) in [6.45, 7) is 5.46. The van der Waals surface area contributed by atoms with E-state index in [4.69, 9.17) is 4.74 Å². The average Bonchev–Trinajstić information content (AvgIpc) is 3.03. The minimum atomic E-state index is -1.09. The lowest BCUT2D eigenvalue weighted by Crippen LogP contribution is -2.57. The lowest BCUT2D eigenvalue weighted by molar-refractivity contribution is -0.140. The van der Waals surface area contributed by atoms with E-state index in [-0.39, 0.29) is 30.0 Å². The van der Waals surface area contributed by atoms with E-state index in [1.54, 1.807) is 37.1 Å². The van der Waals surface area contributed by atoms with E-state index in [1.807, 2.05) is 12.3 Å². The van der Waals surface area contributed by atoms with Gasteiger partial charge < -0.3 is 15.0 Å². The van der Waals surface area contributed by atoms with Gasteiger partial charge in [0.05, 0.1) is 19.6 Å². The van der Waals surface area contributed by atoms with Gasteiger partial charge in [-0.05, 0) is 61.0 Å². The maximum Gasteiger partial charge on any atom is 0.247 e. The number of hydrogen-bond acceptors (Lipinski definition) is 4. The summed E-state index contributed by atoms with van der Waals surface area (Å²) < 4.78 is 19.2. The number of aromatic nitrogens is 1. The molecule has 6 nitrogen and oxygen atoms in total. The van der Waals surface area contributed by atoms with Gasteiger partial charge in [-0.25, -0.2) is 4.39 Å². The molecule has 0 spiro atoms. The lowest BCUT2D eigenvalue weighted by atomic mass is 9.96. The number of carbonyl (C=O) groups excluding carboxylic acids is 2. The molecule has 0 radical (unpaired) electrons. The SMILES string of the molecule is CC(C)(NC(=O)Cc1cccc(F)c1)C(=O)N1CCOC[C@H](Cc2ccc3ccncc3c2)C1. The first-order valence-corrected chi connectivity index (χ1v) is 11.6. The fraction of sp³-hybridized carbons (Fsp3) is 0.370. The van der Waals surface area contributed by atoms with Crippen molar-refractivity contribution in [1.29, 1.82) is 0 Å². The van der Waals surface area contributed by atoms with E-state index in [0.717, 1.165) is 17.2 Å². The van der Waals surface area contributed by atoms with Crippen LogP contribution in [0.4, 0.5) is 4.39 Å². The number of amides is 2. The molecule has 1 fully saturated rings. The lowest BCUT2D eigenvalue weighted by Gasteiger charge is -2.33. The number of nitrogens with zero attached hydrogens (tertiary/aromatic N) is 2. The highest BCUT2D eigenvalue weighted by Gasteiger charge is 2.35. The molecule has 7 heteroatoms. The molecule has 178 valence electrons. The Balaban J connectivity index is 1.39. The van der Waals surface area contributed by atoms with Gasteiger partial charge in [0.2, 0.25) is 11.8 Å². The molecule has 0 unspecified atom stereocenters. The highest BCUT2D eigenvalue weighted by Crippen LogP contribution is 2.20. The first-order chi connectivity index (χ1) is 16.3. The molecule has 1 N–H and O–H groups in total. The van der Waals surface area contributed by atoms with Crippen LogP contribution in [0.1, 0.15) is 25.0 Å². The van der Waals surface area contributed by atoms with Crippen molar-refractivity contribution < 1.29 is 18.7 Å². The number of rotatable bonds is 6. The fourth-order valence-corrected chi connectivity index (χ4v) is 4.46. The Kier molecular flexibility index (Phi) is 7.22. The number of hydrogen-bond donors (Lipinski definition) is 1. The molecule has 2 amide bonds. The Morgan fingerprint density at radius 2 is 2.00 bits per heavy atom. The van der Waals surface area contributed by atoms with Gasteiger partial charge in [0.25, 0.3) is 0 Å². The summed E-state index contributed by atoms with van der Waals surface area (Å²) in [6, 6.07) is 14.2. The average molecular weight is 464 g/mol. The number of halogens is 1. The summed E-state index contributed by atoms with van der Waals surface area (Å²) in [6.07, 6.45) is 4.43. The quantitative estimate of drug-likeness (QED) is 0.607. The molecule has 1 aliphatic rings. The van der Waals surface area contributed by atoms with Crippen molar-refractivity contribution in [1.82, 2.24) is 15.2 Å². The molecule has 1 aliphatic heterocycles. The summed E-state index contributed by atoms with van der Waals surface area (Å²) in [7, 11) is 0. The summed E-state index contributed by atoms with van der Waals surface area (Å²) in [4.78, 5) is 31.9. The molecular formula is C27H30FN3O3. The van der Waals surface area contributed by atoms with E-state index in [1.165, 1.54) is 17.7 Å². The third-order valence-corrected chi connectivity index (χ3v) is 6.09. The van der Waals surface area contributed by atoms with Gasteiger partial charge in [-0.2, -0.15) is 0 Å². The van der Waals surface area contributed by atoms with Crippen LogP contribution in [0.15, 0.2) is 60.9 Å². The summed E-state index contributed by atoms with van der Waals surface area (Å²) in [5.41, 5.74) is 0.647. The highest BCUT2D eigenvalue weighted by molar-refractivity contribution is 5.91. The zero-order valence-corrected chi connectivity index (χ0v) is 19.6. The number of ether oxygens (including phenoxy) is 1. The van der Waals surface area contributed by atoms with Crippen LogP contribution in [-0.4, -0.2) is 53.5 Å². The smallest absolute Gasteiger partial charge is 0.247 e. The monoisotopic (exact) mass is 463 g/mol. The fourth-order valence-electron chi connectivity index (χ4n) is 4.46. The second-order valence-electron chi connectivity index (χ2n) is 9.43. The predicted octanol–water partition coefficient (Wildman–Crippen LogP) is 3.53. The topological polar surface area (TPSA) is 71.5 Å². The molecule has 1 atom stereocenters. The first-order valence-electron chi connectivity index (χ1n) is 11.6. The molecule has 0 bridgehead atoms. The molecule has 4 rings (SSSR count). The maximum absolute atomic E-state index is 13.4. The maximum atomic E-state index is 13.4. The molecular weight excluding hydrogens is 433 g/mol. The van der Waals surface area contributed by atoms with Gasteiger partial charge in [0.15, 0.2) is 0 Å². The molecule has 1 aromatic heterocycles. The third-order valence-electron chi connectivity index (χ3n) is 6.09. The van der Waals surface area contributed by atoms with E-state index in [2.05, 4.69) is 28.5 Å². The van der Waals surface area contributed by atoms with Crippen LogP contribution in [0, 0.1) is 11.7 Å². The Bertz CT molecular complexity index is 1180. The zero-order valence-electron chi connectivity index (χ0n) is 19.6. The van der Waals surface area contributed by atoms with Crippen molar-refractivity contribution in [3.63, 3.8) is 0 Å². The molecule has 3 aromatic rings. The number of benzene rings is 2. The van der Waals surface area contributed by atoms with Crippen LogP contribution in [0.3, 0.4) is 0 Å². The van der Waals surface area contributed by atoms with Crippen molar-refractivity contribution >= 4 is 22.6 Å². The number of carbonyl (C=O) groups is 2. The summed E-state index contributed by atoms with van der Waals surface area (Å²) in [5, 5.41) is 5.06. The predicted molar refractivity (Wildman–Crippen MR) is 129 cm³/mol. The van der Waals surface area contributed by atoms with Crippen molar-refractivity contribution in [3.8, 4) is 0 Å². The van der Waals surface area contributed by atoms with Crippen LogP contribution in [0.2, 0.25) is 0 Å². The van der Waals surface area contributed by atoms with Gasteiger partial charge in [0.1, 0.15) is 11.4 Å². The van der Waals surface area contributed by atoms with Gasteiger partial charge in [-0.3, -0.25) is 14.6 Å². The summed E-state index contributed by atoms with van der Waals surface area (Å²) in [5.74, 6) is -0.729. The van der Waals surface area contributed by atoms with Gasteiger partial charge in [0, 0.05) is 36.8 Å². The molecule has 1 saturated heterocycles. The van der Waals surface area contributed by atoms with Crippen LogP contribution in [-0.2, 0) is 27.2 Å². The number of nitrogens with one attached hydrogen (secondary N) is 1. The zero-order chi connectivity index (χ0) is 24.1. The van der Waals surface area contributed by atoms with Gasteiger partial charge >= 0.3 is 0 Å². The highest BCUT2D eigenvalue weighted by atomic mass is 19.1. The van der Waals surface area contributed by atoms with Crippen LogP contribution >= 0.6 is 0 Å². The van der Waals surface area contributed by atoms with Crippen molar-refractivity contribution in [2.75, 3.05) is 26.3 Å². The third kappa shape index (κ3) is 5.97. The van der Waals surface area contributed by atoms with Crippen molar-refractivity contribution in [2.45, 2.75) is 32.2 Å². The normalized spacial score (nSPS) is 16.8. The van der Waals surface area contributed by atoms with Crippen molar-refractivity contribution in [2.24, 2.45) is 5.92 Å². The van der Waals surface area contributed by atoms with E-state index < -0.39 is 5.54 Å². The van der Waals surface area contributed by atoms with Crippen LogP contribution < -0.4 is 5.32 Å². The molecule has 2 heterocycles. The molecule has 2 aromatic carbocycles. The van der Waals surface area contributed by atoms with Gasteiger partial charge in [-0.15, -0.1) is 0 Å². The van der Waals surface area contributed by atoms with Crippen molar-refractivity contribution in [3.05, 3.63) is 77.9 Å². The van der Waals surface area contributed by atoms with E-state index in [0.29, 0.717) is 31.9 Å². The minimum absolute atomic E-state index is 0.0109. The Hall–Kier alpha value is -3.32. The molecule has 34 heavy (non-hydrogen) atoms. The van der Waals surface area contributed by atoms with E-state index in [9.17, 15) is 14.0 Å². The van der Waals surface area contributed by atoms with Gasteiger partial charge in [-0.1, -0.05) is 24.3 Å². The Labute approximate surface area is 199 Å². The largest absolute Gasteiger partial charge is 0.379 e. The second kappa shape index (κ2) is 10.3. The van der Waals surface area contributed by atoms with E-state index >= 15 is 0 Å². The summed E-state index contributed by atoms with van der Waals surface area (Å²) >= 11 is 0. The Morgan fingerprint density at radius 3 is 2.82 bits per heavy atom. The molecule has 0 saturated carbocycles. The second-order valence-corrected chi connectivity index (χ2v) is 9.43. The molecule has 0 aliphatic carbocycles. The van der Waals surface area contributed by atoms with Crippen LogP contribution in [0.5, 0.6) is 0 Å². The standard InChI is InChI=1S/C27H30FN3O3/c1-27(2,30-25(32)15-19-4-3-5-24(28)14-19)26(33)31-10-11-34-18-21(17-31)12-20-6-7-22-8-9-29-16-23(22)13-20/h3-9,13-14,16,21H,10-12,15,17-18H2,1-2H3,(H,30,32)/t21-/m1/s1. The Morgan fingerprint density at radius 1 is 1.15 bits per heavy atom. The van der Waals surface area contributed by atoms with Crippen LogP contribution in [0.25, 0.3) is 10.8 Å². The first kappa shape index (κ1) is 23.8. The minimum Gasteiger partial charge on any atom is -0.379 e.